The summed E-state index contributed by atoms with van der Waals surface area (Å²) in [5.74, 6) is 5.58. The van der Waals surface area contributed by atoms with E-state index in [0.717, 1.165) is 12.8 Å². The number of rotatable bonds is 7. The highest BCUT2D eigenvalue weighted by atomic mass is 16.5. The van der Waals surface area contributed by atoms with Gasteiger partial charge in [-0.1, -0.05) is 31.2 Å². The van der Waals surface area contributed by atoms with Crippen LogP contribution in [0.25, 0.3) is 0 Å². The van der Waals surface area contributed by atoms with Crippen molar-refractivity contribution in [2.45, 2.75) is 45.8 Å². The van der Waals surface area contributed by atoms with Crippen LogP contribution in [0.2, 0.25) is 0 Å². The van der Waals surface area contributed by atoms with Crippen molar-refractivity contribution in [1.29, 1.82) is 0 Å². The molecule has 2 unspecified atom stereocenters. The van der Waals surface area contributed by atoms with Crippen LogP contribution in [0.15, 0.2) is 24.3 Å². The number of hydrogen-bond acceptors (Lipinski definition) is 3. The molecule has 2 atom stereocenters. The van der Waals surface area contributed by atoms with Crippen molar-refractivity contribution >= 4 is 0 Å². The van der Waals surface area contributed by atoms with Crippen LogP contribution in [0.3, 0.4) is 0 Å². The van der Waals surface area contributed by atoms with Crippen LogP contribution in [0, 0.1) is 0 Å². The summed E-state index contributed by atoms with van der Waals surface area (Å²) < 4.78 is 5.57. The Balaban J connectivity index is 2.60. The van der Waals surface area contributed by atoms with Gasteiger partial charge in [0.1, 0.15) is 0 Å². The normalized spacial score (nSPS) is 14.6. The fourth-order valence-corrected chi connectivity index (χ4v) is 1.90. The van der Waals surface area contributed by atoms with Crippen LogP contribution in [0.5, 0.6) is 0 Å². The summed E-state index contributed by atoms with van der Waals surface area (Å²) in [6, 6.07) is 8.84. The number of hydrazine groups is 1. The summed E-state index contributed by atoms with van der Waals surface area (Å²) in [6.07, 6.45) is 2.09. The van der Waals surface area contributed by atoms with Crippen molar-refractivity contribution in [1.82, 2.24) is 5.43 Å². The Morgan fingerprint density at radius 1 is 1.18 bits per heavy atom. The Kier molecular flexibility index (Phi) is 6.19. The predicted molar refractivity (Wildman–Crippen MR) is 71.7 cm³/mol. The average molecular weight is 236 g/mol. The molecule has 0 bridgehead atoms. The van der Waals surface area contributed by atoms with Gasteiger partial charge in [-0.15, -0.1) is 0 Å². The Labute approximate surface area is 104 Å². The van der Waals surface area contributed by atoms with Gasteiger partial charge in [-0.05, 0) is 37.8 Å². The molecule has 3 N–H and O–H groups in total. The van der Waals surface area contributed by atoms with Gasteiger partial charge in [-0.25, -0.2) is 0 Å². The molecule has 0 aliphatic rings. The number of nitrogens with one attached hydrogen (secondary N) is 1. The van der Waals surface area contributed by atoms with Crippen molar-refractivity contribution in [3.63, 3.8) is 0 Å². The standard InChI is InChI=1S/C14H24N2O/c1-4-12-6-8-13(9-7-12)10-14(16-15)11(3)17-5-2/h6-9,11,14,16H,4-5,10,15H2,1-3H3. The van der Waals surface area contributed by atoms with Gasteiger partial charge in [0.2, 0.25) is 0 Å². The van der Waals surface area contributed by atoms with Crippen molar-refractivity contribution in [2.24, 2.45) is 5.84 Å². The number of ether oxygens (including phenoxy) is 1. The first kappa shape index (κ1) is 14.2. The molecule has 1 aromatic rings. The maximum atomic E-state index is 5.58. The van der Waals surface area contributed by atoms with Gasteiger partial charge in [-0.3, -0.25) is 11.3 Å². The smallest absolute Gasteiger partial charge is 0.0716 e. The third kappa shape index (κ3) is 4.46. The van der Waals surface area contributed by atoms with Crippen molar-refractivity contribution in [3.05, 3.63) is 35.4 Å². The first-order chi connectivity index (χ1) is 8.21. The first-order valence-corrected chi connectivity index (χ1v) is 6.36. The van der Waals surface area contributed by atoms with Gasteiger partial charge in [-0.2, -0.15) is 0 Å². The zero-order valence-electron chi connectivity index (χ0n) is 11.1. The lowest BCUT2D eigenvalue weighted by molar-refractivity contribution is 0.0476. The number of aryl methyl sites for hydroxylation is 1. The first-order valence-electron chi connectivity index (χ1n) is 6.36. The quantitative estimate of drug-likeness (QED) is 0.562. The van der Waals surface area contributed by atoms with E-state index in [2.05, 4.69) is 43.5 Å². The monoisotopic (exact) mass is 236 g/mol. The molecule has 0 fully saturated rings. The molecule has 17 heavy (non-hydrogen) atoms. The van der Waals surface area contributed by atoms with E-state index in [9.17, 15) is 0 Å². The lowest BCUT2D eigenvalue weighted by Gasteiger charge is -2.23. The number of hydrogen-bond donors (Lipinski definition) is 2. The minimum absolute atomic E-state index is 0.121. The van der Waals surface area contributed by atoms with E-state index >= 15 is 0 Å². The van der Waals surface area contributed by atoms with Gasteiger partial charge < -0.3 is 4.74 Å². The zero-order chi connectivity index (χ0) is 12.7. The van der Waals surface area contributed by atoms with Gasteiger partial charge in [0.05, 0.1) is 12.1 Å². The van der Waals surface area contributed by atoms with E-state index < -0.39 is 0 Å². The Morgan fingerprint density at radius 2 is 1.76 bits per heavy atom. The van der Waals surface area contributed by atoms with E-state index in [-0.39, 0.29) is 12.1 Å². The van der Waals surface area contributed by atoms with E-state index in [0.29, 0.717) is 6.61 Å². The lowest BCUT2D eigenvalue weighted by atomic mass is 10.0. The molecule has 96 valence electrons. The zero-order valence-corrected chi connectivity index (χ0v) is 11.1. The summed E-state index contributed by atoms with van der Waals surface area (Å²) >= 11 is 0. The van der Waals surface area contributed by atoms with Crippen LogP contribution in [-0.2, 0) is 17.6 Å². The highest BCUT2D eigenvalue weighted by Crippen LogP contribution is 2.10. The third-order valence-corrected chi connectivity index (χ3v) is 3.10. The highest BCUT2D eigenvalue weighted by Gasteiger charge is 2.16. The molecule has 0 spiro atoms. The molecule has 0 saturated carbocycles. The van der Waals surface area contributed by atoms with E-state index in [1.54, 1.807) is 0 Å². The van der Waals surface area contributed by atoms with E-state index in [4.69, 9.17) is 10.6 Å². The van der Waals surface area contributed by atoms with Crippen LogP contribution >= 0.6 is 0 Å². The fourth-order valence-electron chi connectivity index (χ4n) is 1.90. The summed E-state index contributed by atoms with van der Waals surface area (Å²) in [5.41, 5.74) is 5.49. The van der Waals surface area contributed by atoms with Gasteiger partial charge in [0.15, 0.2) is 0 Å². The molecule has 1 aromatic carbocycles. The Morgan fingerprint density at radius 3 is 2.24 bits per heavy atom. The topological polar surface area (TPSA) is 47.3 Å². The molecule has 3 nitrogen and oxygen atoms in total. The number of benzene rings is 1. The summed E-state index contributed by atoms with van der Waals surface area (Å²) in [5, 5.41) is 0. The second-order valence-electron chi connectivity index (χ2n) is 4.31. The predicted octanol–water partition coefficient (Wildman–Crippen LogP) is 2.05. The summed E-state index contributed by atoms with van der Waals surface area (Å²) in [6.45, 7) is 6.93. The second-order valence-corrected chi connectivity index (χ2v) is 4.31. The molecule has 0 radical (unpaired) electrons. The van der Waals surface area contributed by atoms with E-state index in [1.165, 1.54) is 11.1 Å². The molecule has 0 aliphatic heterocycles. The minimum atomic E-state index is 0.121. The minimum Gasteiger partial charge on any atom is -0.377 e. The SMILES string of the molecule is CCOC(C)C(Cc1ccc(CC)cc1)NN. The molecule has 1 rings (SSSR count). The molecule has 0 heterocycles. The van der Waals surface area contributed by atoms with Crippen LogP contribution in [0.1, 0.15) is 31.9 Å². The molecular formula is C14H24N2O. The van der Waals surface area contributed by atoms with Gasteiger partial charge >= 0.3 is 0 Å². The van der Waals surface area contributed by atoms with Gasteiger partial charge in [0, 0.05) is 6.61 Å². The molecular weight excluding hydrogens is 212 g/mol. The summed E-state index contributed by atoms with van der Waals surface area (Å²) in [7, 11) is 0. The van der Waals surface area contributed by atoms with Crippen molar-refractivity contribution in [2.75, 3.05) is 6.61 Å². The van der Waals surface area contributed by atoms with Crippen molar-refractivity contribution in [3.8, 4) is 0 Å². The largest absolute Gasteiger partial charge is 0.377 e. The lowest BCUT2D eigenvalue weighted by Crippen LogP contribution is -2.45. The van der Waals surface area contributed by atoms with Crippen molar-refractivity contribution < 1.29 is 4.74 Å². The van der Waals surface area contributed by atoms with Gasteiger partial charge in [0.25, 0.3) is 0 Å². The van der Waals surface area contributed by atoms with E-state index in [1.807, 2.05) is 6.92 Å². The average Bonchev–Trinajstić information content (AvgIpc) is 2.37. The fraction of sp³-hybridized carbons (Fsp3) is 0.571. The molecule has 3 heteroatoms. The van der Waals surface area contributed by atoms with Crippen LogP contribution < -0.4 is 11.3 Å². The highest BCUT2D eigenvalue weighted by molar-refractivity contribution is 5.23. The second kappa shape index (κ2) is 7.43. The van der Waals surface area contributed by atoms with Crippen LogP contribution in [-0.4, -0.2) is 18.8 Å². The Hall–Kier alpha value is -0.900. The van der Waals surface area contributed by atoms with Crippen LogP contribution in [0.4, 0.5) is 0 Å². The molecule has 0 saturated heterocycles. The molecule has 0 aliphatic carbocycles. The molecule has 0 aromatic heterocycles. The maximum Gasteiger partial charge on any atom is 0.0716 e. The summed E-state index contributed by atoms with van der Waals surface area (Å²) in [4.78, 5) is 0. The molecule has 0 amide bonds. The Bertz CT molecular complexity index is 311. The third-order valence-electron chi connectivity index (χ3n) is 3.10. The maximum absolute atomic E-state index is 5.58. The number of nitrogens with two attached hydrogens (primary N) is 1.